The van der Waals surface area contributed by atoms with Gasteiger partial charge in [0.1, 0.15) is 0 Å². The third-order valence-electron chi connectivity index (χ3n) is 3.01. The maximum Gasteiger partial charge on any atom is 0.0354 e. The third-order valence-corrected chi connectivity index (χ3v) is 3.47. The van der Waals surface area contributed by atoms with E-state index in [1.54, 1.807) is 0 Å². The van der Waals surface area contributed by atoms with Crippen LogP contribution in [0.3, 0.4) is 0 Å². The van der Waals surface area contributed by atoms with Gasteiger partial charge in [-0.15, -0.1) is 0 Å². The molecule has 86 valence electrons. The first-order chi connectivity index (χ1) is 7.74. The Kier molecular flexibility index (Phi) is 4.05. The molecular weight excluding hydrogens is 262 g/mol. The van der Waals surface area contributed by atoms with Gasteiger partial charge >= 0.3 is 0 Å². The van der Waals surface area contributed by atoms with Crippen molar-refractivity contribution in [3.63, 3.8) is 0 Å². The normalized spacial score (nSPS) is 19.8. The molecule has 1 nitrogen and oxygen atoms in total. The number of hydrogen-bond donors (Lipinski definition) is 1. The lowest BCUT2D eigenvalue weighted by atomic mass is 9.94. The number of benzene rings is 1. The molecule has 0 fully saturated rings. The van der Waals surface area contributed by atoms with E-state index in [1.807, 2.05) is 0 Å². The summed E-state index contributed by atoms with van der Waals surface area (Å²) < 4.78 is 1.15. The molecule has 1 atom stereocenters. The summed E-state index contributed by atoms with van der Waals surface area (Å²) in [5.41, 5.74) is 2.52. The lowest BCUT2D eigenvalue weighted by Crippen LogP contribution is -2.15. The zero-order valence-electron chi connectivity index (χ0n) is 9.67. The van der Waals surface area contributed by atoms with E-state index >= 15 is 0 Å². The van der Waals surface area contributed by atoms with Crippen LogP contribution in [0.15, 0.2) is 34.8 Å². The first-order valence-corrected chi connectivity index (χ1v) is 6.69. The van der Waals surface area contributed by atoms with Crippen molar-refractivity contribution < 1.29 is 0 Å². The van der Waals surface area contributed by atoms with Crippen LogP contribution in [0, 0.1) is 12.8 Å². The fourth-order valence-electron chi connectivity index (χ4n) is 2.14. The minimum atomic E-state index is 0.796. The highest BCUT2D eigenvalue weighted by molar-refractivity contribution is 9.10. The Balaban J connectivity index is 1.91. The predicted octanol–water partition coefficient (Wildman–Crippen LogP) is 4.53. The minimum absolute atomic E-state index is 0.796. The number of allylic oxidation sites excluding steroid dienone is 2. The van der Waals surface area contributed by atoms with Crippen molar-refractivity contribution in [1.82, 2.24) is 0 Å². The fraction of sp³-hybridized carbons (Fsp3) is 0.429. The average molecular weight is 280 g/mol. The Hall–Kier alpha value is -0.760. The molecule has 0 amide bonds. The third kappa shape index (κ3) is 3.38. The van der Waals surface area contributed by atoms with Crippen LogP contribution < -0.4 is 5.32 Å². The number of anilines is 1. The largest absolute Gasteiger partial charge is 0.385 e. The van der Waals surface area contributed by atoms with Crippen LogP contribution in [0.4, 0.5) is 5.69 Å². The lowest BCUT2D eigenvalue weighted by Gasteiger charge is -2.19. The molecule has 0 saturated heterocycles. The minimum Gasteiger partial charge on any atom is -0.385 e. The van der Waals surface area contributed by atoms with E-state index in [2.05, 4.69) is 58.5 Å². The maximum absolute atomic E-state index is 3.53. The van der Waals surface area contributed by atoms with Gasteiger partial charge in [0, 0.05) is 16.7 Å². The number of halogens is 1. The summed E-state index contributed by atoms with van der Waals surface area (Å²) in [5.74, 6) is 0.796. The van der Waals surface area contributed by atoms with Crippen LogP contribution >= 0.6 is 15.9 Å². The summed E-state index contributed by atoms with van der Waals surface area (Å²) in [7, 11) is 0. The summed E-state index contributed by atoms with van der Waals surface area (Å²) in [6.07, 6.45) is 8.38. The second-order valence-electron chi connectivity index (χ2n) is 4.55. The van der Waals surface area contributed by atoms with Crippen LogP contribution in [-0.2, 0) is 0 Å². The maximum atomic E-state index is 3.53. The molecule has 1 aromatic carbocycles. The molecule has 2 heteroatoms. The molecule has 0 heterocycles. The van der Waals surface area contributed by atoms with Crippen LogP contribution in [0.25, 0.3) is 0 Å². The van der Waals surface area contributed by atoms with E-state index in [-0.39, 0.29) is 0 Å². The Bertz CT molecular complexity index is 364. The molecule has 0 bridgehead atoms. The first kappa shape index (κ1) is 11.7. The van der Waals surface area contributed by atoms with Crippen molar-refractivity contribution in [2.24, 2.45) is 5.92 Å². The van der Waals surface area contributed by atoms with Crippen molar-refractivity contribution in [1.29, 1.82) is 0 Å². The van der Waals surface area contributed by atoms with Gasteiger partial charge in [-0.25, -0.2) is 0 Å². The molecule has 0 aromatic heterocycles. The smallest absolute Gasteiger partial charge is 0.0354 e. The zero-order chi connectivity index (χ0) is 11.4. The molecule has 0 saturated carbocycles. The van der Waals surface area contributed by atoms with Gasteiger partial charge in [-0.2, -0.15) is 0 Å². The number of aryl methyl sites for hydroxylation is 1. The van der Waals surface area contributed by atoms with Crippen molar-refractivity contribution in [2.75, 3.05) is 11.9 Å². The Morgan fingerprint density at radius 3 is 2.88 bits per heavy atom. The average Bonchev–Trinajstić information content (AvgIpc) is 2.27. The molecule has 1 aromatic rings. The first-order valence-electron chi connectivity index (χ1n) is 5.90. The molecule has 1 N–H and O–H groups in total. The quantitative estimate of drug-likeness (QED) is 0.802. The van der Waals surface area contributed by atoms with E-state index in [9.17, 15) is 0 Å². The Morgan fingerprint density at radius 2 is 2.19 bits per heavy atom. The predicted molar refractivity (Wildman–Crippen MR) is 73.8 cm³/mol. The molecule has 0 radical (unpaired) electrons. The van der Waals surface area contributed by atoms with Gasteiger partial charge in [0.25, 0.3) is 0 Å². The second kappa shape index (κ2) is 5.53. The van der Waals surface area contributed by atoms with Gasteiger partial charge < -0.3 is 5.32 Å². The number of rotatable bonds is 3. The van der Waals surface area contributed by atoms with Crippen molar-refractivity contribution in [3.05, 3.63) is 40.4 Å². The highest BCUT2D eigenvalue weighted by Gasteiger charge is 2.09. The van der Waals surface area contributed by atoms with Crippen LogP contribution in [0.5, 0.6) is 0 Å². The van der Waals surface area contributed by atoms with Gasteiger partial charge in [-0.1, -0.05) is 28.1 Å². The van der Waals surface area contributed by atoms with E-state index in [0.717, 1.165) is 16.9 Å². The van der Waals surface area contributed by atoms with E-state index in [1.165, 1.54) is 30.5 Å². The summed E-state index contributed by atoms with van der Waals surface area (Å²) in [5, 5.41) is 3.53. The SMILES string of the molecule is Cc1cc(Br)cc(NCC2CC=CCC2)c1. The Labute approximate surface area is 106 Å². The molecule has 1 unspecified atom stereocenters. The van der Waals surface area contributed by atoms with Crippen molar-refractivity contribution in [3.8, 4) is 0 Å². The van der Waals surface area contributed by atoms with Crippen molar-refractivity contribution in [2.45, 2.75) is 26.2 Å². The van der Waals surface area contributed by atoms with E-state index in [4.69, 9.17) is 0 Å². The summed E-state index contributed by atoms with van der Waals surface area (Å²) >= 11 is 3.53. The Morgan fingerprint density at radius 1 is 1.31 bits per heavy atom. The van der Waals surface area contributed by atoms with Crippen LogP contribution in [-0.4, -0.2) is 6.54 Å². The van der Waals surface area contributed by atoms with Crippen LogP contribution in [0.1, 0.15) is 24.8 Å². The number of nitrogens with one attached hydrogen (secondary N) is 1. The standard InChI is InChI=1S/C14H18BrN/c1-11-7-13(15)9-14(8-11)16-10-12-5-3-2-4-6-12/h2-3,7-9,12,16H,4-6,10H2,1H3. The van der Waals surface area contributed by atoms with Gasteiger partial charge in [0.15, 0.2) is 0 Å². The van der Waals surface area contributed by atoms with Gasteiger partial charge in [-0.05, 0) is 55.9 Å². The molecule has 1 aliphatic rings. The molecule has 2 rings (SSSR count). The lowest BCUT2D eigenvalue weighted by molar-refractivity contribution is 0.504. The summed E-state index contributed by atoms with van der Waals surface area (Å²) in [4.78, 5) is 0. The molecule has 1 aliphatic carbocycles. The van der Waals surface area contributed by atoms with Gasteiger partial charge in [0.2, 0.25) is 0 Å². The molecule has 16 heavy (non-hydrogen) atoms. The van der Waals surface area contributed by atoms with E-state index in [0.29, 0.717) is 0 Å². The number of hydrogen-bond acceptors (Lipinski definition) is 1. The summed E-state index contributed by atoms with van der Waals surface area (Å²) in [6, 6.07) is 6.48. The topological polar surface area (TPSA) is 12.0 Å². The highest BCUT2D eigenvalue weighted by atomic mass is 79.9. The molecule has 0 aliphatic heterocycles. The highest BCUT2D eigenvalue weighted by Crippen LogP contribution is 2.22. The van der Waals surface area contributed by atoms with Gasteiger partial charge in [-0.3, -0.25) is 0 Å². The van der Waals surface area contributed by atoms with Crippen molar-refractivity contribution >= 4 is 21.6 Å². The molecule has 0 spiro atoms. The monoisotopic (exact) mass is 279 g/mol. The van der Waals surface area contributed by atoms with Crippen LogP contribution in [0.2, 0.25) is 0 Å². The zero-order valence-corrected chi connectivity index (χ0v) is 11.3. The fourth-order valence-corrected chi connectivity index (χ4v) is 2.75. The van der Waals surface area contributed by atoms with E-state index < -0.39 is 0 Å². The summed E-state index contributed by atoms with van der Waals surface area (Å²) in [6.45, 7) is 3.21. The second-order valence-corrected chi connectivity index (χ2v) is 5.46. The molecular formula is C14H18BrN. The van der Waals surface area contributed by atoms with Gasteiger partial charge in [0.05, 0.1) is 0 Å².